The van der Waals surface area contributed by atoms with E-state index >= 15 is 0 Å². The van der Waals surface area contributed by atoms with Crippen molar-refractivity contribution in [2.45, 2.75) is 38.6 Å². The van der Waals surface area contributed by atoms with E-state index in [0.29, 0.717) is 12.2 Å². The monoisotopic (exact) mass is 372 g/mol. The lowest BCUT2D eigenvalue weighted by Crippen LogP contribution is -2.45. The average Bonchev–Trinajstić information content (AvgIpc) is 3.08. The highest BCUT2D eigenvalue weighted by molar-refractivity contribution is 7.10. The molecule has 1 aromatic carbocycles. The quantitative estimate of drug-likeness (QED) is 0.797. The van der Waals surface area contributed by atoms with Crippen LogP contribution in [0.2, 0.25) is 0 Å². The van der Waals surface area contributed by atoms with Crippen LogP contribution in [-0.4, -0.2) is 30.6 Å². The van der Waals surface area contributed by atoms with Gasteiger partial charge in [0, 0.05) is 17.1 Å². The van der Waals surface area contributed by atoms with Gasteiger partial charge >= 0.3 is 12.0 Å². The maximum atomic E-state index is 12.8. The van der Waals surface area contributed by atoms with E-state index in [1.54, 1.807) is 16.2 Å². The molecule has 1 aliphatic heterocycles. The molecule has 3 rings (SSSR count). The summed E-state index contributed by atoms with van der Waals surface area (Å²) >= 11 is 1.61. The fourth-order valence-electron chi connectivity index (χ4n) is 3.15. The Labute approximate surface area is 158 Å². The van der Waals surface area contributed by atoms with Gasteiger partial charge in [0.05, 0.1) is 7.11 Å². The van der Waals surface area contributed by atoms with E-state index in [-0.39, 0.29) is 11.4 Å². The van der Waals surface area contributed by atoms with Gasteiger partial charge in [-0.2, -0.15) is 0 Å². The number of carbonyl (C=O) groups excluding carboxylic acids is 2. The molecule has 26 heavy (non-hydrogen) atoms. The Kier molecular flexibility index (Phi) is 5.05. The lowest BCUT2D eigenvalue weighted by molar-refractivity contribution is -0.146. The molecule has 0 saturated carbocycles. The fourth-order valence-corrected chi connectivity index (χ4v) is 4.05. The van der Waals surface area contributed by atoms with Crippen LogP contribution in [0.4, 0.5) is 10.5 Å². The SMILES string of the molecule is COC(=O)C1c2ccsc2CCN1C(=O)Nc1ccc(C(C)(C)C)cc1. The number of amides is 2. The van der Waals surface area contributed by atoms with Crippen LogP contribution in [-0.2, 0) is 21.4 Å². The molecule has 1 N–H and O–H groups in total. The minimum absolute atomic E-state index is 0.0563. The van der Waals surface area contributed by atoms with E-state index in [0.717, 1.165) is 16.9 Å². The summed E-state index contributed by atoms with van der Waals surface area (Å²) in [4.78, 5) is 27.8. The number of methoxy groups -OCH3 is 1. The molecule has 2 heterocycles. The molecule has 0 fully saturated rings. The molecule has 2 amide bonds. The van der Waals surface area contributed by atoms with Crippen LogP contribution in [0.25, 0.3) is 0 Å². The number of ether oxygens (including phenoxy) is 1. The first-order valence-electron chi connectivity index (χ1n) is 8.63. The standard InChI is InChI=1S/C20H24N2O3S/c1-20(2,3)13-5-7-14(8-6-13)21-19(24)22-11-9-16-15(10-12-26-16)17(22)18(23)25-4/h5-8,10,12,17H,9,11H2,1-4H3,(H,21,24). The molecule has 138 valence electrons. The van der Waals surface area contributed by atoms with Crippen molar-refractivity contribution in [3.05, 3.63) is 51.7 Å². The van der Waals surface area contributed by atoms with Crippen LogP contribution in [0.15, 0.2) is 35.7 Å². The van der Waals surface area contributed by atoms with E-state index in [9.17, 15) is 9.59 Å². The maximum Gasteiger partial charge on any atom is 0.333 e. The minimum atomic E-state index is -0.691. The van der Waals surface area contributed by atoms with Gasteiger partial charge < -0.3 is 15.0 Å². The zero-order valence-electron chi connectivity index (χ0n) is 15.5. The molecule has 0 aliphatic carbocycles. The Bertz CT molecular complexity index is 805. The number of nitrogens with zero attached hydrogens (tertiary/aromatic N) is 1. The number of hydrogen-bond acceptors (Lipinski definition) is 4. The second-order valence-electron chi connectivity index (χ2n) is 7.43. The third kappa shape index (κ3) is 3.60. The minimum Gasteiger partial charge on any atom is -0.467 e. The lowest BCUT2D eigenvalue weighted by atomic mass is 9.87. The molecule has 5 nitrogen and oxygen atoms in total. The van der Waals surface area contributed by atoms with Gasteiger partial charge in [-0.3, -0.25) is 0 Å². The van der Waals surface area contributed by atoms with Crippen molar-refractivity contribution in [1.29, 1.82) is 0 Å². The Morgan fingerprint density at radius 2 is 1.88 bits per heavy atom. The van der Waals surface area contributed by atoms with Crippen LogP contribution in [0.1, 0.15) is 42.8 Å². The van der Waals surface area contributed by atoms with Crippen molar-refractivity contribution in [2.75, 3.05) is 19.0 Å². The summed E-state index contributed by atoms with van der Waals surface area (Å²) in [5.41, 5.74) is 2.83. The van der Waals surface area contributed by atoms with Crippen molar-refractivity contribution in [2.24, 2.45) is 0 Å². The summed E-state index contributed by atoms with van der Waals surface area (Å²) in [6, 6.07) is 8.74. The smallest absolute Gasteiger partial charge is 0.333 e. The third-order valence-corrected chi connectivity index (χ3v) is 5.65. The normalized spacial score (nSPS) is 16.8. The predicted molar refractivity (Wildman–Crippen MR) is 104 cm³/mol. The van der Waals surface area contributed by atoms with E-state index in [4.69, 9.17) is 4.74 Å². The number of hydrogen-bond donors (Lipinski definition) is 1. The second kappa shape index (κ2) is 7.11. The number of urea groups is 1. The molecule has 1 unspecified atom stereocenters. The van der Waals surface area contributed by atoms with Crippen molar-refractivity contribution in [3.63, 3.8) is 0 Å². The van der Waals surface area contributed by atoms with Crippen molar-refractivity contribution in [1.82, 2.24) is 4.90 Å². The largest absolute Gasteiger partial charge is 0.467 e. The highest BCUT2D eigenvalue weighted by atomic mass is 32.1. The predicted octanol–water partition coefficient (Wildman–Crippen LogP) is 4.35. The Balaban J connectivity index is 1.79. The summed E-state index contributed by atoms with van der Waals surface area (Å²) in [5.74, 6) is -0.414. The highest BCUT2D eigenvalue weighted by Gasteiger charge is 2.37. The molecule has 1 atom stereocenters. The van der Waals surface area contributed by atoms with Crippen molar-refractivity contribution in [3.8, 4) is 0 Å². The topological polar surface area (TPSA) is 58.6 Å². The summed E-state index contributed by atoms with van der Waals surface area (Å²) < 4.78 is 4.94. The number of benzene rings is 1. The van der Waals surface area contributed by atoms with E-state index in [2.05, 4.69) is 26.1 Å². The van der Waals surface area contributed by atoms with E-state index in [1.807, 2.05) is 35.7 Å². The fraction of sp³-hybridized carbons (Fsp3) is 0.400. The molecular formula is C20H24N2O3S. The number of anilines is 1. The van der Waals surface area contributed by atoms with Crippen LogP contribution in [0.5, 0.6) is 0 Å². The zero-order chi connectivity index (χ0) is 18.9. The number of esters is 1. The summed E-state index contributed by atoms with van der Waals surface area (Å²) in [7, 11) is 1.35. The van der Waals surface area contributed by atoms with Gasteiger partial charge in [0.1, 0.15) is 0 Å². The number of rotatable bonds is 2. The molecule has 1 aromatic heterocycles. The first-order chi connectivity index (χ1) is 12.3. The van der Waals surface area contributed by atoms with E-state index < -0.39 is 12.0 Å². The molecule has 0 radical (unpaired) electrons. The number of fused-ring (bicyclic) bond motifs is 1. The highest BCUT2D eigenvalue weighted by Crippen LogP contribution is 2.34. The summed E-state index contributed by atoms with van der Waals surface area (Å²) in [6.45, 7) is 6.92. The molecule has 1 aliphatic rings. The van der Waals surface area contributed by atoms with Gasteiger partial charge in [0.2, 0.25) is 0 Å². The number of carbonyl (C=O) groups is 2. The van der Waals surface area contributed by atoms with Gasteiger partial charge in [-0.15, -0.1) is 11.3 Å². The molecule has 0 spiro atoms. The molecule has 0 saturated heterocycles. The average molecular weight is 372 g/mol. The van der Waals surface area contributed by atoms with Crippen LogP contribution in [0, 0.1) is 0 Å². The number of nitrogens with one attached hydrogen (secondary N) is 1. The Morgan fingerprint density at radius 3 is 2.50 bits per heavy atom. The second-order valence-corrected chi connectivity index (χ2v) is 8.43. The van der Waals surface area contributed by atoms with Crippen molar-refractivity contribution < 1.29 is 14.3 Å². The summed E-state index contributed by atoms with van der Waals surface area (Å²) in [6.07, 6.45) is 0.747. The van der Waals surface area contributed by atoms with Gasteiger partial charge in [0.25, 0.3) is 0 Å². The first-order valence-corrected chi connectivity index (χ1v) is 9.51. The molecule has 6 heteroatoms. The van der Waals surface area contributed by atoms with Crippen LogP contribution < -0.4 is 5.32 Å². The van der Waals surface area contributed by atoms with Gasteiger partial charge in [0.15, 0.2) is 6.04 Å². The molecule has 2 aromatic rings. The Hall–Kier alpha value is -2.34. The van der Waals surface area contributed by atoms with Gasteiger partial charge in [-0.1, -0.05) is 32.9 Å². The number of thiophene rings is 1. The molecular weight excluding hydrogens is 348 g/mol. The lowest BCUT2D eigenvalue weighted by Gasteiger charge is -2.34. The van der Waals surface area contributed by atoms with E-state index in [1.165, 1.54) is 12.7 Å². The third-order valence-electron chi connectivity index (χ3n) is 4.65. The maximum absolute atomic E-state index is 12.8. The van der Waals surface area contributed by atoms with Crippen LogP contribution in [0.3, 0.4) is 0 Å². The van der Waals surface area contributed by atoms with Gasteiger partial charge in [-0.05, 0) is 46.5 Å². The molecule has 0 bridgehead atoms. The first kappa shape index (κ1) is 18.5. The summed E-state index contributed by atoms with van der Waals surface area (Å²) in [5, 5.41) is 4.86. The van der Waals surface area contributed by atoms with Crippen molar-refractivity contribution >= 4 is 29.0 Å². The van der Waals surface area contributed by atoms with Crippen LogP contribution >= 0.6 is 11.3 Å². The zero-order valence-corrected chi connectivity index (χ0v) is 16.4. The van der Waals surface area contributed by atoms with Gasteiger partial charge in [-0.25, -0.2) is 9.59 Å². The Morgan fingerprint density at radius 1 is 1.19 bits per heavy atom.